The van der Waals surface area contributed by atoms with Crippen LogP contribution in [0.4, 0.5) is 20.2 Å². The average Bonchev–Trinajstić information content (AvgIpc) is 3.01. The number of amides is 3. The third-order valence-corrected chi connectivity index (χ3v) is 5.03. The Morgan fingerprint density at radius 1 is 0.788 bits per heavy atom. The Morgan fingerprint density at radius 3 is 1.91 bits per heavy atom. The predicted molar refractivity (Wildman–Crippen MR) is 120 cm³/mol. The van der Waals surface area contributed by atoms with Crippen LogP contribution >= 0.6 is 0 Å². The predicted octanol–water partition coefficient (Wildman–Crippen LogP) is 4.32. The summed E-state index contributed by atoms with van der Waals surface area (Å²) in [4.78, 5) is 38.7. The van der Waals surface area contributed by atoms with Crippen molar-refractivity contribution in [3.05, 3.63) is 101 Å². The minimum absolute atomic E-state index is 0.0426. The minimum Gasteiger partial charge on any atom is -0.350 e. The maximum absolute atomic E-state index is 13.5. The van der Waals surface area contributed by atoms with Gasteiger partial charge in [-0.25, -0.2) is 8.78 Å². The second kappa shape index (κ2) is 9.04. The number of nitrogens with zero attached hydrogens (tertiary/aromatic N) is 1. The van der Waals surface area contributed by atoms with E-state index in [4.69, 9.17) is 0 Å². The Balaban J connectivity index is 1.68. The van der Waals surface area contributed by atoms with Crippen molar-refractivity contribution in [1.82, 2.24) is 4.90 Å². The van der Waals surface area contributed by atoms with Gasteiger partial charge < -0.3 is 10.6 Å². The molecule has 0 saturated heterocycles. The number of hydrogen-bond donors (Lipinski definition) is 2. The summed E-state index contributed by atoms with van der Waals surface area (Å²) in [5, 5.41) is 5.64. The van der Waals surface area contributed by atoms with E-state index in [9.17, 15) is 23.2 Å². The molecule has 0 unspecified atom stereocenters. The first-order valence-corrected chi connectivity index (χ1v) is 10.1. The van der Waals surface area contributed by atoms with Gasteiger partial charge in [0.25, 0.3) is 11.8 Å². The molecule has 1 heterocycles. The van der Waals surface area contributed by atoms with Crippen molar-refractivity contribution in [3.8, 4) is 0 Å². The number of rotatable bonds is 6. The summed E-state index contributed by atoms with van der Waals surface area (Å²) >= 11 is 0. The molecule has 0 radical (unpaired) electrons. The molecule has 0 aromatic heterocycles. The largest absolute Gasteiger partial charge is 0.350 e. The zero-order chi connectivity index (χ0) is 23.5. The Bertz CT molecular complexity index is 1250. The first-order valence-electron chi connectivity index (χ1n) is 10.1. The highest BCUT2D eigenvalue weighted by atomic mass is 19.1. The zero-order valence-electron chi connectivity index (χ0n) is 17.6. The average molecular weight is 447 g/mol. The third-order valence-electron chi connectivity index (χ3n) is 5.03. The van der Waals surface area contributed by atoms with Crippen LogP contribution in [0.3, 0.4) is 0 Å². The molecule has 0 spiro atoms. The molecule has 0 saturated carbocycles. The lowest BCUT2D eigenvalue weighted by Crippen LogP contribution is -2.32. The van der Waals surface area contributed by atoms with Gasteiger partial charge in [0.05, 0.1) is 12.1 Å². The van der Waals surface area contributed by atoms with Crippen LogP contribution in [0, 0.1) is 11.6 Å². The molecule has 2 N–H and O–H groups in total. The Morgan fingerprint density at radius 2 is 1.33 bits per heavy atom. The first kappa shape index (κ1) is 21.9. The van der Waals surface area contributed by atoms with E-state index in [1.54, 1.807) is 24.3 Å². The summed E-state index contributed by atoms with van der Waals surface area (Å²) in [6, 6.07) is 17.4. The number of nitrogens with one attached hydrogen (secondary N) is 2. The SMILES string of the molecule is CC(=O)Nc1ccc(NC2=C(c3ccc(F)cc3)C(=O)N(Cc3ccc(F)cc3)C2=O)cc1. The van der Waals surface area contributed by atoms with E-state index >= 15 is 0 Å². The maximum atomic E-state index is 13.5. The molecule has 3 amide bonds. The van der Waals surface area contributed by atoms with Crippen molar-refractivity contribution in [2.24, 2.45) is 0 Å². The first-order chi connectivity index (χ1) is 15.8. The van der Waals surface area contributed by atoms with Crippen molar-refractivity contribution in [2.75, 3.05) is 10.6 Å². The highest BCUT2D eigenvalue weighted by Crippen LogP contribution is 2.32. The lowest BCUT2D eigenvalue weighted by molar-refractivity contribution is -0.137. The summed E-state index contributed by atoms with van der Waals surface area (Å²) < 4.78 is 26.7. The van der Waals surface area contributed by atoms with Crippen molar-refractivity contribution in [1.29, 1.82) is 0 Å². The highest BCUT2D eigenvalue weighted by molar-refractivity contribution is 6.36. The minimum atomic E-state index is -0.561. The normalized spacial score (nSPS) is 13.5. The molecule has 3 aromatic rings. The zero-order valence-corrected chi connectivity index (χ0v) is 17.6. The number of benzene rings is 3. The lowest BCUT2D eigenvalue weighted by Gasteiger charge is -2.15. The number of carbonyl (C=O) groups excluding carboxylic acids is 3. The van der Waals surface area contributed by atoms with E-state index in [0.29, 0.717) is 22.5 Å². The molecular weight excluding hydrogens is 428 g/mol. The van der Waals surface area contributed by atoms with Gasteiger partial charge in [0.2, 0.25) is 5.91 Å². The van der Waals surface area contributed by atoms with Crippen LogP contribution < -0.4 is 10.6 Å². The fourth-order valence-electron chi connectivity index (χ4n) is 3.48. The molecule has 166 valence electrons. The summed E-state index contributed by atoms with van der Waals surface area (Å²) in [7, 11) is 0. The molecular formula is C25H19F2N3O3. The topological polar surface area (TPSA) is 78.5 Å². The Labute approximate surface area is 188 Å². The van der Waals surface area contributed by atoms with Crippen LogP contribution in [0.2, 0.25) is 0 Å². The molecule has 33 heavy (non-hydrogen) atoms. The fraction of sp³-hybridized carbons (Fsp3) is 0.0800. The molecule has 1 aliphatic heterocycles. The highest BCUT2D eigenvalue weighted by Gasteiger charge is 2.39. The summed E-state index contributed by atoms with van der Waals surface area (Å²) in [5.41, 5.74) is 2.20. The van der Waals surface area contributed by atoms with Crippen molar-refractivity contribution < 1.29 is 23.2 Å². The van der Waals surface area contributed by atoms with Gasteiger partial charge in [-0.2, -0.15) is 0 Å². The number of carbonyl (C=O) groups is 3. The second-order valence-electron chi connectivity index (χ2n) is 7.46. The molecule has 8 heteroatoms. The molecule has 6 nitrogen and oxygen atoms in total. The van der Waals surface area contributed by atoms with Gasteiger partial charge in [-0.15, -0.1) is 0 Å². The van der Waals surface area contributed by atoms with E-state index in [2.05, 4.69) is 10.6 Å². The lowest BCUT2D eigenvalue weighted by atomic mass is 10.0. The molecule has 0 aliphatic carbocycles. The van der Waals surface area contributed by atoms with Crippen LogP contribution in [0.25, 0.3) is 5.57 Å². The van der Waals surface area contributed by atoms with Gasteiger partial charge in [-0.3, -0.25) is 19.3 Å². The molecule has 3 aromatic carbocycles. The summed E-state index contributed by atoms with van der Waals surface area (Å²) in [5.74, 6) is -2.22. The summed E-state index contributed by atoms with van der Waals surface area (Å²) in [6.45, 7) is 1.35. The van der Waals surface area contributed by atoms with Crippen LogP contribution in [0.15, 0.2) is 78.5 Å². The number of hydrogen-bond acceptors (Lipinski definition) is 4. The molecule has 0 fully saturated rings. The molecule has 1 aliphatic rings. The summed E-state index contributed by atoms with van der Waals surface area (Å²) in [6.07, 6.45) is 0. The standard InChI is InChI=1S/C25H19F2N3O3/c1-15(31)28-20-10-12-21(13-11-20)29-23-22(17-4-8-19(27)9-5-17)24(32)30(25(23)33)14-16-2-6-18(26)7-3-16/h2-13,29H,14H2,1H3,(H,28,31). The van der Waals surface area contributed by atoms with Crippen molar-refractivity contribution >= 4 is 34.7 Å². The fourth-order valence-corrected chi connectivity index (χ4v) is 3.48. The van der Waals surface area contributed by atoms with Gasteiger partial charge in [-0.05, 0) is 59.7 Å². The van der Waals surface area contributed by atoms with Gasteiger partial charge in [-0.1, -0.05) is 24.3 Å². The van der Waals surface area contributed by atoms with Gasteiger partial charge in [0.15, 0.2) is 0 Å². The van der Waals surface area contributed by atoms with Gasteiger partial charge >= 0.3 is 0 Å². The van der Waals surface area contributed by atoms with Crippen LogP contribution in [-0.2, 0) is 20.9 Å². The third kappa shape index (κ3) is 4.79. The smallest absolute Gasteiger partial charge is 0.278 e. The van der Waals surface area contributed by atoms with Gasteiger partial charge in [0, 0.05) is 18.3 Å². The number of anilines is 2. The molecule has 0 bridgehead atoms. The molecule has 0 atom stereocenters. The van der Waals surface area contributed by atoms with Crippen LogP contribution in [0.1, 0.15) is 18.1 Å². The number of halogens is 2. The van der Waals surface area contributed by atoms with Crippen molar-refractivity contribution in [3.63, 3.8) is 0 Å². The van der Waals surface area contributed by atoms with Gasteiger partial charge in [0.1, 0.15) is 17.3 Å². The van der Waals surface area contributed by atoms with E-state index < -0.39 is 23.4 Å². The Hall–Kier alpha value is -4.33. The van der Waals surface area contributed by atoms with E-state index in [1.807, 2.05) is 0 Å². The monoisotopic (exact) mass is 447 g/mol. The van der Waals surface area contributed by atoms with E-state index in [1.165, 1.54) is 55.5 Å². The molecule has 4 rings (SSSR count). The maximum Gasteiger partial charge on any atom is 0.278 e. The second-order valence-corrected chi connectivity index (χ2v) is 7.46. The van der Waals surface area contributed by atoms with E-state index in [0.717, 1.165) is 4.90 Å². The van der Waals surface area contributed by atoms with Crippen molar-refractivity contribution in [2.45, 2.75) is 13.5 Å². The quantitative estimate of drug-likeness (QED) is 0.552. The Kier molecular flexibility index (Phi) is 5.99. The van der Waals surface area contributed by atoms with Crippen LogP contribution in [0.5, 0.6) is 0 Å². The van der Waals surface area contributed by atoms with E-state index in [-0.39, 0.29) is 23.7 Å². The number of imide groups is 1. The van der Waals surface area contributed by atoms with Crippen LogP contribution in [-0.4, -0.2) is 22.6 Å².